The molecule has 1 aromatic carbocycles. The second-order valence-electron chi connectivity index (χ2n) is 2.77. The molecule has 0 aromatic heterocycles. The van der Waals surface area contributed by atoms with Gasteiger partial charge in [0.1, 0.15) is 0 Å². The molecular weight excluding hydrogens is 432 g/mol. The summed E-state index contributed by atoms with van der Waals surface area (Å²) < 4.78 is 0.651. The molecule has 1 aromatic rings. The first kappa shape index (κ1) is 13.2. The maximum absolute atomic E-state index is 8.59. The summed E-state index contributed by atoms with van der Waals surface area (Å²) in [5, 5.41) is 8.59. The predicted molar refractivity (Wildman–Crippen MR) is 77.4 cm³/mol. The van der Waals surface area contributed by atoms with Crippen molar-refractivity contribution >= 4 is 59.6 Å². The first-order valence-electron chi connectivity index (χ1n) is 4.30. The molecule has 0 N–H and O–H groups in total. The molecular formula is C11H9BrINSe. The third-order valence-corrected chi connectivity index (χ3v) is 7.76. The Kier molecular flexibility index (Phi) is 6.58. The Morgan fingerprint density at radius 3 is 2.67 bits per heavy atom. The fraction of sp³-hybridized carbons (Fsp3) is 0.182. The Balaban J connectivity index is 2.55. The van der Waals surface area contributed by atoms with Crippen LogP contribution in [0.5, 0.6) is 0 Å². The molecule has 78 valence electrons. The minimum atomic E-state index is 0.00683. The van der Waals surface area contributed by atoms with Crippen LogP contribution in [0.2, 0.25) is 0 Å². The molecule has 15 heavy (non-hydrogen) atoms. The summed E-state index contributed by atoms with van der Waals surface area (Å²) in [6.07, 6.45) is 4.23. The zero-order valence-electron chi connectivity index (χ0n) is 7.81. The Labute approximate surface area is 118 Å². The summed E-state index contributed by atoms with van der Waals surface area (Å²) in [5.41, 5.74) is 1.20. The van der Waals surface area contributed by atoms with Gasteiger partial charge in [-0.15, -0.1) is 0 Å². The van der Waals surface area contributed by atoms with Gasteiger partial charge in [0.2, 0.25) is 0 Å². The molecule has 0 aliphatic rings. The van der Waals surface area contributed by atoms with Gasteiger partial charge in [0, 0.05) is 0 Å². The van der Waals surface area contributed by atoms with Gasteiger partial charge in [-0.3, -0.25) is 0 Å². The molecule has 0 saturated carbocycles. The summed E-state index contributed by atoms with van der Waals surface area (Å²) in [4.78, 5) is 2.22. The standard InChI is InChI=1S/C11H9BrINSe/c12-11(15-8-14)10(13)7-6-9-4-2-1-3-5-9/h1-7,10-11H/b7-6+. The van der Waals surface area contributed by atoms with Crippen molar-refractivity contribution in [2.45, 2.75) is 7.65 Å². The van der Waals surface area contributed by atoms with E-state index in [-0.39, 0.29) is 18.7 Å². The number of hydrogen-bond donors (Lipinski definition) is 0. The van der Waals surface area contributed by atoms with E-state index in [0.717, 1.165) is 0 Å². The number of allylic oxidation sites excluding steroid dienone is 1. The third kappa shape index (κ3) is 5.17. The molecule has 4 heteroatoms. The average molecular weight is 441 g/mol. The van der Waals surface area contributed by atoms with E-state index in [1.807, 2.05) is 18.2 Å². The van der Waals surface area contributed by atoms with Crippen LogP contribution >= 0.6 is 38.5 Å². The van der Waals surface area contributed by atoms with Crippen LogP contribution in [0.15, 0.2) is 36.4 Å². The first-order chi connectivity index (χ1) is 7.24. The van der Waals surface area contributed by atoms with E-state index >= 15 is 0 Å². The minimum absolute atomic E-state index is 0.00683. The summed E-state index contributed by atoms with van der Waals surface area (Å²) in [6, 6.07) is 10.2. The van der Waals surface area contributed by atoms with Crippen molar-refractivity contribution < 1.29 is 0 Å². The van der Waals surface area contributed by atoms with Crippen LogP contribution in [-0.4, -0.2) is 22.6 Å². The number of hydrogen-bond acceptors (Lipinski definition) is 1. The SMILES string of the molecule is N#C[Se]C(Br)C(I)/C=C/c1ccccc1. The molecule has 1 rings (SSSR count). The molecule has 0 heterocycles. The fourth-order valence-corrected chi connectivity index (χ4v) is 3.23. The van der Waals surface area contributed by atoms with Gasteiger partial charge in [0.15, 0.2) is 0 Å². The van der Waals surface area contributed by atoms with Crippen molar-refractivity contribution in [1.82, 2.24) is 0 Å². The zero-order valence-corrected chi connectivity index (χ0v) is 13.3. The van der Waals surface area contributed by atoms with E-state index in [1.54, 1.807) is 0 Å². The zero-order chi connectivity index (χ0) is 11.1. The van der Waals surface area contributed by atoms with Gasteiger partial charge >= 0.3 is 119 Å². The van der Waals surface area contributed by atoms with Gasteiger partial charge in [0.25, 0.3) is 0 Å². The molecule has 0 aliphatic heterocycles. The van der Waals surface area contributed by atoms with Gasteiger partial charge in [-0.1, -0.05) is 0 Å². The van der Waals surface area contributed by atoms with Crippen LogP contribution in [0.25, 0.3) is 6.08 Å². The first-order valence-corrected chi connectivity index (χ1v) is 8.31. The maximum atomic E-state index is 8.59. The molecule has 0 fully saturated rings. The monoisotopic (exact) mass is 441 g/mol. The third-order valence-electron chi connectivity index (χ3n) is 1.69. The topological polar surface area (TPSA) is 23.8 Å². The molecule has 2 atom stereocenters. The molecule has 0 spiro atoms. The van der Waals surface area contributed by atoms with Crippen molar-refractivity contribution in [1.29, 1.82) is 5.26 Å². The normalized spacial score (nSPS) is 14.7. The van der Waals surface area contributed by atoms with Crippen LogP contribution in [0, 0.1) is 10.2 Å². The van der Waals surface area contributed by atoms with E-state index in [9.17, 15) is 0 Å². The predicted octanol–water partition coefficient (Wildman–Crippen LogP) is 3.41. The van der Waals surface area contributed by atoms with Gasteiger partial charge < -0.3 is 0 Å². The van der Waals surface area contributed by atoms with Gasteiger partial charge in [0.05, 0.1) is 0 Å². The summed E-state index contributed by atoms with van der Waals surface area (Å²) in [6.45, 7) is 0. The Bertz CT molecular complexity index is 361. The van der Waals surface area contributed by atoms with Gasteiger partial charge in [-0.05, 0) is 0 Å². The Hall–Kier alpha value is 0.179. The van der Waals surface area contributed by atoms with Crippen molar-refractivity contribution in [2.75, 3.05) is 0 Å². The van der Waals surface area contributed by atoms with E-state index < -0.39 is 0 Å². The van der Waals surface area contributed by atoms with Crippen molar-refractivity contribution in [2.24, 2.45) is 0 Å². The number of halogens is 2. The molecule has 0 bridgehead atoms. The van der Waals surface area contributed by atoms with Gasteiger partial charge in [-0.2, -0.15) is 0 Å². The second kappa shape index (κ2) is 7.45. The van der Waals surface area contributed by atoms with Crippen LogP contribution in [0.3, 0.4) is 0 Å². The van der Waals surface area contributed by atoms with E-state index in [1.165, 1.54) is 5.56 Å². The number of nitriles is 1. The Morgan fingerprint density at radius 2 is 2.07 bits per heavy atom. The molecule has 0 aliphatic carbocycles. The summed E-state index contributed by atoms with van der Waals surface area (Å²) in [7, 11) is 0. The number of alkyl halides is 2. The van der Waals surface area contributed by atoms with Crippen LogP contribution in [0.4, 0.5) is 0 Å². The summed E-state index contributed by atoms with van der Waals surface area (Å²) in [5.74, 6) is 0. The van der Waals surface area contributed by atoms with Crippen molar-refractivity contribution in [3.05, 3.63) is 42.0 Å². The second-order valence-corrected chi connectivity index (χ2v) is 8.51. The number of nitrogens with zero attached hydrogens (tertiary/aromatic N) is 1. The van der Waals surface area contributed by atoms with Gasteiger partial charge in [-0.25, -0.2) is 0 Å². The molecule has 0 saturated heterocycles. The fourth-order valence-electron chi connectivity index (χ4n) is 0.970. The van der Waals surface area contributed by atoms with Crippen LogP contribution in [-0.2, 0) is 0 Å². The molecule has 2 unspecified atom stereocenters. The molecule has 0 radical (unpaired) electrons. The van der Waals surface area contributed by atoms with E-state index in [2.05, 4.69) is 67.8 Å². The van der Waals surface area contributed by atoms with Crippen molar-refractivity contribution in [3.63, 3.8) is 0 Å². The Morgan fingerprint density at radius 1 is 1.40 bits per heavy atom. The van der Waals surface area contributed by atoms with E-state index in [0.29, 0.717) is 3.92 Å². The average Bonchev–Trinajstić information content (AvgIpc) is 2.27. The van der Waals surface area contributed by atoms with Crippen LogP contribution in [0.1, 0.15) is 5.56 Å². The number of rotatable bonds is 4. The molecule has 0 amide bonds. The quantitative estimate of drug-likeness (QED) is 0.400. The number of benzene rings is 1. The van der Waals surface area contributed by atoms with Crippen LogP contribution < -0.4 is 0 Å². The summed E-state index contributed by atoms with van der Waals surface area (Å²) >= 11 is 5.88. The van der Waals surface area contributed by atoms with E-state index in [4.69, 9.17) is 5.26 Å². The molecule has 1 nitrogen and oxygen atoms in total. The van der Waals surface area contributed by atoms with Crippen molar-refractivity contribution in [3.8, 4) is 4.97 Å².